The summed E-state index contributed by atoms with van der Waals surface area (Å²) < 4.78 is 21.6. The Bertz CT molecular complexity index is 872. The van der Waals surface area contributed by atoms with Gasteiger partial charge in [-0.05, 0) is 20.3 Å². The molecule has 0 bridgehead atoms. The molecule has 0 unspecified atom stereocenters. The Hall–Kier alpha value is -2.21. The van der Waals surface area contributed by atoms with Crippen LogP contribution in [0.25, 0.3) is 0 Å². The van der Waals surface area contributed by atoms with Gasteiger partial charge in [-0.25, -0.2) is 0 Å². The van der Waals surface area contributed by atoms with Gasteiger partial charge in [0.25, 0.3) is 0 Å². The van der Waals surface area contributed by atoms with Crippen molar-refractivity contribution in [2.24, 2.45) is 4.99 Å². The summed E-state index contributed by atoms with van der Waals surface area (Å²) in [7, 11) is 4.95. The van der Waals surface area contributed by atoms with E-state index in [1.54, 1.807) is 21.3 Å². The second-order valence-electron chi connectivity index (χ2n) is 7.69. The quantitative estimate of drug-likeness (QED) is 0.279. The third kappa shape index (κ3) is 7.39. The number of halogens is 1. The highest BCUT2D eigenvalue weighted by molar-refractivity contribution is 14.0. The molecular weight excluding hydrogens is 537 g/mol. The number of ether oxygens (including phenoxy) is 3. The van der Waals surface area contributed by atoms with Crippen LogP contribution in [0.3, 0.4) is 0 Å². The van der Waals surface area contributed by atoms with E-state index in [0.29, 0.717) is 18.7 Å². The first-order chi connectivity index (χ1) is 15.6. The number of nitrogens with zero attached hydrogens (tertiary/aromatic N) is 4. The van der Waals surface area contributed by atoms with Crippen molar-refractivity contribution < 1.29 is 18.7 Å². The molecule has 2 aromatic rings. The van der Waals surface area contributed by atoms with Gasteiger partial charge < -0.3 is 29.0 Å². The highest BCUT2D eigenvalue weighted by Crippen LogP contribution is 2.34. The van der Waals surface area contributed by atoms with Crippen molar-refractivity contribution in [3.05, 3.63) is 35.2 Å². The molecule has 1 aliphatic heterocycles. The molecule has 0 radical (unpaired) electrons. The van der Waals surface area contributed by atoms with E-state index in [1.165, 1.54) is 0 Å². The Morgan fingerprint density at radius 1 is 1.06 bits per heavy atom. The second kappa shape index (κ2) is 13.5. The zero-order valence-corrected chi connectivity index (χ0v) is 22.5. The summed E-state index contributed by atoms with van der Waals surface area (Å²) in [5, 5.41) is 7.54. The highest BCUT2D eigenvalue weighted by Gasteiger charge is 2.21. The van der Waals surface area contributed by atoms with Crippen molar-refractivity contribution in [3.63, 3.8) is 0 Å². The summed E-state index contributed by atoms with van der Waals surface area (Å²) in [5.41, 5.74) is 1.97. The van der Waals surface area contributed by atoms with Gasteiger partial charge >= 0.3 is 0 Å². The molecule has 3 rings (SSSR count). The normalized spacial score (nSPS) is 14.6. The van der Waals surface area contributed by atoms with E-state index in [0.717, 1.165) is 73.7 Å². The predicted molar refractivity (Wildman–Crippen MR) is 139 cm³/mol. The number of rotatable bonds is 9. The first kappa shape index (κ1) is 27.0. The number of aromatic nitrogens is 1. The lowest BCUT2D eigenvalue weighted by molar-refractivity contribution is 0.169. The van der Waals surface area contributed by atoms with Gasteiger partial charge in [0.05, 0.1) is 27.0 Å². The molecular formula is C23H36IN5O4. The third-order valence-corrected chi connectivity index (χ3v) is 5.51. The fourth-order valence-corrected chi connectivity index (χ4v) is 3.86. The molecule has 0 amide bonds. The number of aliphatic imine (C=N–C) groups is 1. The maximum absolute atomic E-state index is 5.56. The smallest absolute Gasteiger partial charge is 0.194 e. The molecule has 1 fully saturated rings. The average molecular weight is 573 g/mol. The van der Waals surface area contributed by atoms with Crippen molar-refractivity contribution >= 4 is 29.9 Å². The number of methoxy groups -OCH3 is 3. The van der Waals surface area contributed by atoms with Crippen LogP contribution in [0.2, 0.25) is 0 Å². The number of benzene rings is 1. The summed E-state index contributed by atoms with van der Waals surface area (Å²) in [6.07, 6.45) is 0.705. The Morgan fingerprint density at radius 3 is 2.24 bits per heavy atom. The Labute approximate surface area is 213 Å². The van der Waals surface area contributed by atoms with Crippen LogP contribution in [0.4, 0.5) is 0 Å². The molecule has 0 spiro atoms. The van der Waals surface area contributed by atoms with Crippen molar-refractivity contribution in [1.82, 2.24) is 20.3 Å². The standard InChI is InChI=1S/C23H35N5O4.HI/c1-6-24-23(28-11-9-27(10-12-28)16-18-13-17(2)32-26-18)25-8-7-20-21(30-4)14-19(29-3)15-22(20)31-5;/h13-15H,6-12,16H2,1-5H3,(H,24,25);1H. The van der Waals surface area contributed by atoms with Crippen molar-refractivity contribution in [2.75, 3.05) is 60.6 Å². The van der Waals surface area contributed by atoms with E-state index >= 15 is 0 Å². The molecule has 1 aliphatic rings. The molecule has 1 aromatic heterocycles. The minimum atomic E-state index is 0. The lowest BCUT2D eigenvalue weighted by Gasteiger charge is -2.36. The summed E-state index contributed by atoms with van der Waals surface area (Å²) in [5.74, 6) is 4.00. The number of piperazine rings is 1. The highest BCUT2D eigenvalue weighted by atomic mass is 127. The fourth-order valence-electron chi connectivity index (χ4n) is 3.86. The van der Waals surface area contributed by atoms with Crippen LogP contribution in [0, 0.1) is 6.92 Å². The first-order valence-electron chi connectivity index (χ1n) is 11.0. The largest absolute Gasteiger partial charge is 0.496 e. The van der Waals surface area contributed by atoms with Crippen LogP contribution in [0.5, 0.6) is 17.2 Å². The number of aryl methyl sites for hydroxylation is 1. The van der Waals surface area contributed by atoms with E-state index in [1.807, 2.05) is 25.1 Å². The summed E-state index contributed by atoms with van der Waals surface area (Å²) in [6, 6.07) is 5.75. The Kier molecular flexibility index (Phi) is 11.0. The zero-order valence-electron chi connectivity index (χ0n) is 20.2. The molecule has 9 nitrogen and oxygen atoms in total. The SMILES string of the molecule is CCNC(=NCCc1c(OC)cc(OC)cc1OC)N1CCN(Cc2cc(C)on2)CC1.I. The molecule has 0 atom stereocenters. The van der Waals surface area contributed by atoms with Crippen LogP contribution in [0.1, 0.15) is 23.9 Å². The average Bonchev–Trinajstić information content (AvgIpc) is 3.23. The fraction of sp³-hybridized carbons (Fsp3) is 0.565. The van der Waals surface area contributed by atoms with E-state index in [2.05, 4.69) is 27.2 Å². The molecule has 1 aromatic carbocycles. The number of guanidine groups is 1. The predicted octanol–water partition coefficient (Wildman–Crippen LogP) is 2.95. The van der Waals surface area contributed by atoms with Crippen LogP contribution in [-0.4, -0.2) is 81.5 Å². The topological polar surface area (TPSA) is 84.6 Å². The van der Waals surface area contributed by atoms with Crippen LogP contribution >= 0.6 is 24.0 Å². The van der Waals surface area contributed by atoms with Gasteiger partial charge in [-0.1, -0.05) is 5.16 Å². The van der Waals surface area contributed by atoms with Gasteiger partial charge in [-0.2, -0.15) is 0 Å². The minimum Gasteiger partial charge on any atom is -0.496 e. The van der Waals surface area contributed by atoms with Gasteiger partial charge in [0, 0.05) is 69.6 Å². The van der Waals surface area contributed by atoms with Crippen molar-refractivity contribution in [2.45, 2.75) is 26.8 Å². The lowest BCUT2D eigenvalue weighted by Crippen LogP contribution is -2.52. The molecule has 0 saturated carbocycles. The van der Waals surface area contributed by atoms with Gasteiger partial charge in [0.2, 0.25) is 0 Å². The zero-order chi connectivity index (χ0) is 22.9. The first-order valence-corrected chi connectivity index (χ1v) is 11.0. The van der Waals surface area contributed by atoms with Crippen LogP contribution in [0.15, 0.2) is 27.7 Å². The van der Waals surface area contributed by atoms with Gasteiger partial charge in [-0.3, -0.25) is 9.89 Å². The number of nitrogens with one attached hydrogen (secondary N) is 1. The van der Waals surface area contributed by atoms with E-state index < -0.39 is 0 Å². The van der Waals surface area contributed by atoms with Gasteiger partial charge in [0.1, 0.15) is 23.0 Å². The summed E-state index contributed by atoms with van der Waals surface area (Å²) in [4.78, 5) is 9.59. The number of hydrogen-bond donors (Lipinski definition) is 1. The van der Waals surface area contributed by atoms with Gasteiger partial charge in [-0.15, -0.1) is 24.0 Å². The maximum Gasteiger partial charge on any atom is 0.194 e. The molecule has 2 heterocycles. The molecule has 10 heteroatoms. The third-order valence-electron chi connectivity index (χ3n) is 5.51. The second-order valence-corrected chi connectivity index (χ2v) is 7.69. The van der Waals surface area contributed by atoms with E-state index in [9.17, 15) is 0 Å². The minimum absolute atomic E-state index is 0. The molecule has 0 aliphatic carbocycles. The molecule has 184 valence electrons. The lowest BCUT2D eigenvalue weighted by atomic mass is 10.1. The van der Waals surface area contributed by atoms with Crippen molar-refractivity contribution in [3.8, 4) is 17.2 Å². The molecule has 1 N–H and O–H groups in total. The van der Waals surface area contributed by atoms with Crippen LogP contribution in [-0.2, 0) is 13.0 Å². The maximum atomic E-state index is 5.56. The summed E-state index contributed by atoms with van der Waals surface area (Å²) >= 11 is 0. The molecule has 33 heavy (non-hydrogen) atoms. The van der Waals surface area contributed by atoms with Gasteiger partial charge in [0.15, 0.2) is 5.96 Å². The van der Waals surface area contributed by atoms with E-state index in [4.69, 9.17) is 23.7 Å². The van der Waals surface area contributed by atoms with Crippen LogP contribution < -0.4 is 19.5 Å². The van der Waals surface area contributed by atoms with Crippen molar-refractivity contribution in [1.29, 1.82) is 0 Å². The summed E-state index contributed by atoms with van der Waals surface area (Å²) in [6.45, 7) is 10.0. The number of hydrogen-bond acceptors (Lipinski definition) is 7. The monoisotopic (exact) mass is 573 g/mol. The molecule has 1 saturated heterocycles. The Morgan fingerprint density at radius 2 is 1.73 bits per heavy atom. The Balaban J connectivity index is 0.00000385. The van der Waals surface area contributed by atoms with E-state index in [-0.39, 0.29) is 24.0 Å².